The van der Waals surface area contributed by atoms with Gasteiger partial charge in [-0.1, -0.05) is 42.7 Å². The van der Waals surface area contributed by atoms with Crippen molar-refractivity contribution in [1.29, 1.82) is 5.26 Å². The number of hydrogen-bond acceptors (Lipinski definition) is 3. The Labute approximate surface area is 173 Å². The first-order chi connectivity index (χ1) is 14.1. The second kappa shape index (κ2) is 8.49. The molecular weight excluding hydrogens is 393 g/mol. The van der Waals surface area contributed by atoms with Crippen LogP contribution in [0.1, 0.15) is 47.9 Å². The van der Waals surface area contributed by atoms with Crippen LogP contribution in [0.2, 0.25) is 0 Å². The van der Waals surface area contributed by atoms with Gasteiger partial charge in [-0.05, 0) is 49.4 Å². The molecule has 0 aliphatic heterocycles. The van der Waals surface area contributed by atoms with Crippen molar-refractivity contribution < 1.29 is 23.1 Å². The van der Waals surface area contributed by atoms with Gasteiger partial charge >= 0.3 is 6.18 Å². The molecule has 1 atom stereocenters. The molecule has 7 heteroatoms. The van der Waals surface area contributed by atoms with Gasteiger partial charge in [-0.2, -0.15) is 18.4 Å². The number of carbonyl (C=O) groups is 1. The fourth-order valence-electron chi connectivity index (χ4n) is 4.02. The van der Waals surface area contributed by atoms with Crippen molar-refractivity contribution in [3.8, 4) is 6.07 Å². The Morgan fingerprint density at radius 3 is 2.37 bits per heavy atom. The molecule has 1 aliphatic carbocycles. The van der Waals surface area contributed by atoms with Crippen LogP contribution in [0.3, 0.4) is 0 Å². The van der Waals surface area contributed by atoms with Gasteiger partial charge in [-0.25, -0.2) is 0 Å². The van der Waals surface area contributed by atoms with Crippen molar-refractivity contribution in [2.45, 2.75) is 50.8 Å². The van der Waals surface area contributed by atoms with Crippen LogP contribution < -0.4 is 5.32 Å². The molecule has 2 N–H and O–H groups in total. The largest absolute Gasteiger partial charge is 0.417 e. The predicted octanol–water partition coefficient (Wildman–Crippen LogP) is 4.99. The molecule has 0 bridgehead atoms. The SMILES string of the molecule is Cc1ccc(CC(O)(C(=O)Nc2ccc(C#N)c(C(F)(F)F)c2)C2CCCC2)cc1. The third-order valence-electron chi connectivity index (χ3n) is 5.72. The van der Waals surface area contributed by atoms with Gasteiger partial charge in [0.15, 0.2) is 0 Å². The fourth-order valence-corrected chi connectivity index (χ4v) is 4.02. The molecule has 1 aliphatic rings. The lowest BCUT2D eigenvalue weighted by Gasteiger charge is -2.33. The van der Waals surface area contributed by atoms with Gasteiger partial charge in [0.1, 0.15) is 5.60 Å². The summed E-state index contributed by atoms with van der Waals surface area (Å²) < 4.78 is 39.7. The molecule has 0 saturated heterocycles. The number of nitriles is 1. The number of carbonyl (C=O) groups excluding carboxylic acids is 1. The molecule has 0 aromatic heterocycles. The number of alkyl halides is 3. The van der Waals surface area contributed by atoms with Gasteiger partial charge in [0.2, 0.25) is 0 Å². The number of nitrogens with one attached hydrogen (secondary N) is 1. The summed E-state index contributed by atoms with van der Waals surface area (Å²) in [5.74, 6) is -1.01. The fraction of sp³-hybridized carbons (Fsp3) is 0.391. The quantitative estimate of drug-likeness (QED) is 0.721. The Bertz CT molecular complexity index is 958. The summed E-state index contributed by atoms with van der Waals surface area (Å²) in [6, 6.07) is 12.0. The van der Waals surface area contributed by atoms with E-state index in [0.717, 1.165) is 36.1 Å². The molecule has 2 aromatic carbocycles. The Morgan fingerprint density at radius 1 is 1.17 bits per heavy atom. The van der Waals surface area contributed by atoms with Crippen molar-refractivity contribution >= 4 is 11.6 Å². The average molecular weight is 416 g/mol. The first kappa shape index (κ1) is 21.8. The van der Waals surface area contributed by atoms with Gasteiger partial charge in [-0.15, -0.1) is 0 Å². The molecule has 0 spiro atoms. The molecule has 1 saturated carbocycles. The zero-order chi connectivity index (χ0) is 21.9. The van der Waals surface area contributed by atoms with Gasteiger partial charge in [0.05, 0.1) is 17.2 Å². The lowest BCUT2D eigenvalue weighted by atomic mass is 9.80. The maximum Gasteiger partial charge on any atom is 0.417 e. The lowest BCUT2D eigenvalue weighted by Crippen LogP contribution is -2.50. The minimum absolute atomic E-state index is 0.0756. The molecular formula is C23H23F3N2O2. The molecule has 0 heterocycles. The first-order valence-electron chi connectivity index (χ1n) is 9.84. The molecule has 1 fully saturated rings. The monoisotopic (exact) mass is 416 g/mol. The molecule has 1 unspecified atom stereocenters. The zero-order valence-electron chi connectivity index (χ0n) is 16.6. The Hall–Kier alpha value is -2.85. The van der Waals surface area contributed by atoms with E-state index in [9.17, 15) is 23.1 Å². The van der Waals surface area contributed by atoms with Crippen molar-refractivity contribution in [1.82, 2.24) is 0 Å². The average Bonchev–Trinajstić information content (AvgIpc) is 3.24. The van der Waals surface area contributed by atoms with E-state index in [1.54, 1.807) is 0 Å². The van der Waals surface area contributed by atoms with E-state index in [-0.39, 0.29) is 18.0 Å². The lowest BCUT2D eigenvalue weighted by molar-refractivity contribution is -0.140. The molecule has 1 amide bonds. The number of nitrogens with zero attached hydrogens (tertiary/aromatic N) is 1. The number of benzene rings is 2. The van der Waals surface area contributed by atoms with E-state index < -0.39 is 28.8 Å². The molecule has 30 heavy (non-hydrogen) atoms. The van der Waals surface area contributed by atoms with E-state index in [4.69, 9.17) is 5.26 Å². The molecule has 3 rings (SSSR count). The minimum Gasteiger partial charge on any atom is -0.379 e. The van der Waals surface area contributed by atoms with Crippen LogP contribution in [0.25, 0.3) is 0 Å². The molecule has 158 valence electrons. The highest BCUT2D eigenvalue weighted by molar-refractivity contribution is 5.97. The van der Waals surface area contributed by atoms with Crippen LogP contribution in [0, 0.1) is 24.2 Å². The minimum atomic E-state index is -4.73. The standard InChI is InChI=1S/C23H23F3N2O2/c1-15-6-8-16(9-7-15)13-22(30,18-4-2-3-5-18)21(29)28-19-11-10-17(14-27)20(12-19)23(24,25)26/h6-12,18,30H,2-5,13H2,1H3,(H,28,29). The summed E-state index contributed by atoms with van der Waals surface area (Å²) >= 11 is 0. The topological polar surface area (TPSA) is 73.1 Å². The molecule has 4 nitrogen and oxygen atoms in total. The smallest absolute Gasteiger partial charge is 0.379 e. The highest BCUT2D eigenvalue weighted by Crippen LogP contribution is 2.38. The number of halogens is 3. The summed E-state index contributed by atoms with van der Waals surface area (Å²) in [4.78, 5) is 13.1. The summed E-state index contributed by atoms with van der Waals surface area (Å²) in [6.07, 6.45) is -1.51. The molecule has 0 radical (unpaired) electrons. The van der Waals surface area contributed by atoms with Gasteiger partial charge in [0.25, 0.3) is 5.91 Å². The zero-order valence-corrected chi connectivity index (χ0v) is 16.6. The van der Waals surface area contributed by atoms with E-state index in [2.05, 4.69) is 5.32 Å². The van der Waals surface area contributed by atoms with Crippen molar-refractivity contribution in [2.75, 3.05) is 5.32 Å². The first-order valence-corrected chi connectivity index (χ1v) is 9.84. The maximum absolute atomic E-state index is 13.2. The Balaban J connectivity index is 1.90. The summed E-state index contributed by atoms with van der Waals surface area (Å²) in [5.41, 5.74) is -1.66. The van der Waals surface area contributed by atoms with Crippen LogP contribution in [-0.4, -0.2) is 16.6 Å². The number of rotatable bonds is 5. The van der Waals surface area contributed by atoms with Gasteiger partial charge < -0.3 is 10.4 Å². The number of amides is 1. The Morgan fingerprint density at radius 2 is 1.80 bits per heavy atom. The van der Waals surface area contributed by atoms with E-state index in [0.29, 0.717) is 12.8 Å². The van der Waals surface area contributed by atoms with Crippen LogP contribution >= 0.6 is 0 Å². The van der Waals surface area contributed by atoms with Crippen LogP contribution in [0.15, 0.2) is 42.5 Å². The predicted molar refractivity (Wildman–Crippen MR) is 107 cm³/mol. The molecule has 2 aromatic rings. The summed E-state index contributed by atoms with van der Waals surface area (Å²) in [5, 5.41) is 22.8. The van der Waals surface area contributed by atoms with E-state index in [1.165, 1.54) is 12.1 Å². The number of anilines is 1. The van der Waals surface area contributed by atoms with Crippen molar-refractivity contribution in [3.05, 3.63) is 64.7 Å². The van der Waals surface area contributed by atoms with E-state index in [1.807, 2.05) is 31.2 Å². The maximum atomic E-state index is 13.2. The summed E-state index contributed by atoms with van der Waals surface area (Å²) in [6.45, 7) is 1.93. The number of aryl methyl sites for hydroxylation is 1. The van der Waals surface area contributed by atoms with Crippen molar-refractivity contribution in [2.24, 2.45) is 5.92 Å². The highest BCUT2D eigenvalue weighted by Gasteiger charge is 2.45. The van der Waals surface area contributed by atoms with Crippen molar-refractivity contribution in [3.63, 3.8) is 0 Å². The van der Waals surface area contributed by atoms with E-state index >= 15 is 0 Å². The normalized spacial score (nSPS) is 16.7. The third-order valence-corrected chi connectivity index (χ3v) is 5.72. The number of aliphatic hydroxyl groups is 1. The Kier molecular flexibility index (Phi) is 6.18. The van der Waals surface area contributed by atoms with Crippen LogP contribution in [-0.2, 0) is 17.4 Å². The van der Waals surface area contributed by atoms with Crippen LogP contribution in [0.4, 0.5) is 18.9 Å². The van der Waals surface area contributed by atoms with Gasteiger partial charge in [-0.3, -0.25) is 4.79 Å². The second-order valence-electron chi connectivity index (χ2n) is 7.89. The third kappa shape index (κ3) is 4.65. The highest BCUT2D eigenvalue weighted by atomic mass is 19.4. The van der Waals surface area contributed by atoms with Gasteiger partial charge in [0, 0.05) is 12.1 Å². The summed E-state index contributed by atoms with van der Waals surface area (Å²) in [7, 11) is 0. The van der Waals surface area contributed by atoms with Crippen LogP contribution in [0.5, 0.6) is 0 Å². The number of hydrogen-bond donors (Lipinski definition) is 2. The second-order valence-corrected chi connectivity index (χ2v) is 7.89.